The van der Waals surface area contributed by atoms with Crippen LogP contribution in [0, 0.1) is 0 Å². The number of nitrogens with zero attached hydrogens (tertiary/aromatic N) is 1. The average molecular weight is 1030 g/mol. The van der Waals surface area contributed by atoms with Gasteiger partial charge in [-0.1, -0.05) is 275 Å². The maximum atomic E-state index is 12.8. The number of unbranched alkanes of at least 4 members (excludes halogenated alkanes) is 37. The molecule has 428 valence electrons. The predicted molar refractivity (Wildman–Crippen MR) is 309 cm³/mol. The lowest BCUT2D eigenvalue weighted by atomic mass is 10.0. The summed E-state index contributed by atoms with van der Waals surface area (Å²) in [6, 6.07) is 0. The van der Waals surface area contributed by atoms with Gasteiger partial charge in [0.25, 0.3) is 6.29 Å². The van der Waals surface area contributed by atoms with Crippen molar-refractivity contribution in [2.45, 2.75) is 309 Å². The molecule has 0 radical (unpaired) electrons. The van der Waals surface area contributed by atoms with Crippen LogP contribution in [-0.2, 0) is 33.3 Å². The number of quaternary nitrogens is 1. The second-order valence-electron chi connectivity index (χ2n) is 22.3. The van der Waals surface area contributed by atoms with E-state index in [4.69, 9.17) is 18.9 Å². The monoisotopic (exact) mass is 1030 g/mol. The summed E-state index contributed by atoms with van der Waals surface area (Å²) in [7, 11) is 5.97. The number of carbonyl (C=O) groups excluding carboxylic acids is 2. The lowest BCUT2D eigenvalue weighted by Crippen LogP contribution is -2.40. The topological polar surface area (TPSA) is 108 Å². The zero-order chi connectivity index (χ0) is 53.4. The van der Waals surface area contributed by atoms with Gasteiger partial charge in [0.05, 0.1) is 34.4 Å². The molecule has 0 amide bonds. The fourth-order valence-electron chi connectivity index (χ4n) is 9.15. The first-order valence-electron chi connectivity index (χ1n) is 31.2. The van der Waals surface area contributed by atoms with Gasteiger partial charge in [-0.15, -0.1) is 0 Å². The molecule has 9 nitrogen and oxygen atoms in total. The molecule has 0 aromatic rings. The molecule has 0 heterocycles. The first-order chi connectivity index (χ1) is 35.6. The van der Waals surface area contributed by atoms with Crippen molar-refractivity contribution in [1.82, 2.24) is 0 Å². The Labute approximate surface area is 451 Å². The van der Waals surface area contributed by atoms with E-state index in [9.17, 15) is 19.5 Å². The van der Waals surface area contributed by atoms with Crippen LogP contribution in [0.1, 0.15) is 296 Å². The van der Waals surface area contributed by atoms with Gasteiger partial charge in [-0.2, -0.15) is 0 Å². The molecule has 0 aliphatic heterocycles. The Morgan fingerprint density at radius 3 is 1.16 bits per heavy atom. The third kappa shape index (κ3) is 57.1. The molecule has 0 spiro atoms. The third-order valence-electron chi connectivity index (χ3n) is 13.9. The van der Waals surface area contributed by atoms with Crippen molar-refractivity contribution < 1.29 is 42.9 Å². The molecule has 73 heavy (non-hydrogen) atoms. The highest BCUT2D eigenvalue weighted by Crippen LogP contribution is 2.18. The van der Waals surface area contributed by atoms with Gasteiger partial charge in [0.15, 0.2) is 6.10 Å². The van der Waals surface area contributed by atoms with Crippen LogP contribution in [-0.4, -0.2) is 87.4 Å². The molecule has 0 fully saturated rings. The number of allylic oxidation sites excluding steroid dienone is 6. The van der Waals surface area contributed by atoms with Crippen LogP contribution in [0.15, 0.2) is 36.5 Å². The van der Waals surface area contributed by atoms with E-state index in [0.717, 1.165) is 70.6 Å². The summed E-state index contributed by atoms with van der Waals surface area (Å²) < 4.78 is 22.9. The Kier molecular flexibility index (Phi) is 53.8. The minimum Gasteiger partial charge on any atom is -0.477 e. The summed E-state index contributed by atoms with van der Waals surface area (Å²) in [6.45, 7) is 4.78. The number of likely N-dealkylation sites (N-methyl/N-ethyl adjacent to an activating group) is 1. The van der Waals surface area contributed by atoms with Crippen LogP contribution < -0.4 is 0 Å². The van der Waals surface area contributed by atoms with Gasteiger partial charge in [0, 0.05) is 12.8 Å². The maximum absolute atomic E-state index is 12.8. The molecule has 2 unspecified atom stereocenters. The van der Waals surface area contributed by atoms with Crippen molar-refractivity contribution in [2.24, 2.45) is 0 Å². The van der Waals surface area contributed by atoms with E-state index >= 15 is 0 Å². The summed E-state index contributed by atoms with van der Waals surface area (Å²) in [5.41, 5.74) is 0. The van der Waals surface area contributed by atoms with Gasteiger partial charge >= 0.3 is 17.9 Å². The van der Waals surface area contributed by atoms with E-state index in [-0.39, 0.29) is 32.2 Å². The summed E-state index contributed by atoms with van der Waals surface area (Å²) in [6.07, 6.45) is 65.5. The number of hydrogen-bond donors (Lipinski definition) is 1. The number of carboxylic acid groups (broad SMARTS) is 1. The molecular weight excluding hydrogens is 911 g/mol. The van der Waals surface area contributed by atoms with Gasteiger partial charge in [0.1, 0.15) is 13.2 Å². The number of hydrogen-bond acceptors (Lipinski definition) is 7. The highest BCUT2D eigenvalue weighted by Gasteiger charge is 2.25. The van der Waals surface area contributed by atoms with Crippen molar-refractivity contribution in [3.05, 3.63) is 36.5 Å². The van der Waals surface area contributed by atoms with Crippen LogP contribution in [0.3, 0.4) is 0 Å². The molecule has 2 atom stereocenters. The van der Waals surface area contributed by atoms with Crippen molar-refractivity contribution in [3.63, 3.8) is 0 Å². The van der Waals surface area contributed by atoms with Gasteiger partial charge < -0.3 is 28.5 Å². The Balaban J connectivity index is 4.01. The number of rotatable bonds is 58. The van der Waals surface area contributed by atoms with Gasteiger partial charge in [-0.05, 0) is 44.9 Å². The van der Waals surface area contributed by atoms with Gasteiger partial charge in [0.2, 0.25) is 0 Å². The van der Waals surface area contributed by atoms with Crippen LogP contribution in [0.25, 0.3) is 0 Å². The van der Waals surface area contributed by atoms with Crippen LogP contribution in [0.2, 0.25) is 0 Å². The number of ether oxygens (including phenoxy) is 4. The highest BCUT2D eigenvalue weighted by atomic mass is 16.7. The zero-order valence-corrected chi connectivity index (χ0v) is 48.8. The van der Waals surface area contributed by atoms with E-state index in [1.165, 1.54) is 193 Å². The summed E-state index contributed by atoms with van der Waals surface area (Å²) in [5.74, 6) is -2.01. The van der Waals surface area contributed by atoms with Crippen molar-refractivity contribution >= 4 is 17.9 Å². The molecule has 0 aliphatic carbocycles. The van der Waals surface area contributed by atoms with Crippen LogP contribution in [0.4, 0.5) is 0 Å². The van der Waals surface area contributed by atoms with Crippen molar-refractivity contribution in [3.8, 4) is 0 Å². The molecule has 1 N–H and O–H groups in total. The van der Waals surface area contributed by atoms with Crippen LogP contribution >= 0.6 is 0 Å². The van der Waals surface area contributed by atoms with E-state index in [0.29, 0.717) is 23.9 Å². The molecule has 0 bridgehead atoms. The minimum atomic E-state index is -1.51. The van der Waals surface area contributed by atoms with Crippen molar-refractivity contribution in [1.29, 1.82) is 0 Å². The zero-order valence-electron chi connectivity index (χ0n) is 48.8. The molecule has 0 aliphatic rings. The fraction of sp³-hybridized carbons (Fsp3) is 0.859. The van der Waals surface area contributed by atoms with Gasteiger partial charge in [-0.3, -0.25) is 9.59 Å². The molecular formula is C64H120NO8+. The summed E-state index contributed by atoms with van der Waals surface area (Å²) in [4.78, 5) is 37.4. The minimum absolute atomic E-state index is 0.185. The molecule has 0 saturated carbocycles. The standard InChI is InChI=1S/C64H119NO8/c1-6-8-10-12-14-16-18-20-22-23-24-25-26-27-28-29-30-31-32-33-34-35-36-37-38-39-41-42-44-46-48-50-52-54-61(66)71-58-60(59-72-64(63(68)69)70-57-56-65(3,4)5)73-62(67)55-53-51-49-47-45-43-40-21-19-17-15-13-11-9-7-2/h9,11,15,17,21,40,60,64H,6-8,10,12-14,16,18-20,22-39,41-59H2,1-5H3/p+1/b11-9-,17-15-,40-21-. The second kappa shape index (κ2) is 55.7. The molecule has 0 aromatic carbocycles. The van der Waals surface area contributed by atoms with E-state index < -0.39 is 24.3 Å². The fourth-order valence-corrected chi connectivity index (χ4v) is 9.15. The van der Waals surface area contributed by atoms with E-state index in [1.807, 2.05) is 21.1 Å². The number of carboxylic acids is 1. The largest absolute Gasteiger partial charge is 0.477 e. The summed E-state index contributed by atoms with van der Waals surface area (Å²) in [5, 5.41) is 9.69. The Bertz CT molecular complexity index is 1290. The molecule has 9 heteroatoms. The highest BCUT2D eigenvalue weighted by molar-refractivity contribution is 5.71. The van der Waals surface area contributed by atoms with E-state index in [1.54, 1.807) is 0 Å². The Morgan fingerprint density at radius 1 is 0.425 bits per heavy atom. The number of carbonyl (C=O) groups is 3. The second-order valence-corrected chi connectivity index (χ2v) is 22.3. The van der Waals surface area contributed by atoms with Gasteiger partial charge in [-0.25, -0.2) is 4.79 Å². The predicted octanol–water partition coefficient (Wildman–Crippen LogP) is 18.5. The number of aliphatic carboxylic acids is 1. The van der Waals surface area contributed by atoms with E-state index in [2.05, 4.69) is 50.3 Å². The lowest BCUT2D eigenvalue weighted by Gasteiger charge is -2.25. The molecule has 0 saturated heterocycles. The number of esters is 2. The molecule has 0 aromatic heterocycles. The smallest absolute Gasteiger partial charge is 0.361 e. The average Bonchev–Trinajstić information content (AvgIpc) is 3.36. The molecule has 0 rings (SSSR count). The van der Waals surface area contributed by atoms with Crippen molar-refractivity contribution in [2.75, 3.05) is 47.5 Å². The van der Waals surface area contributed by atoms with Crippen LogP contribution in [0.5, 0.6) is 0 Å². The SMILES string of the molecule is CC/C=C\C/C=C\C/C=C\CCCCCCCC(=O)OC(COC(=O)CCCCCCCCCCCCCCCCCCCCCCCCCCCCCCCCCCC)COC(OCC[N+](C)(C)C)C(=O)O. The maximum Gasteiger partial charge on any atom is 0.361 e. The first-order valence-corrected chi connectivity index (χ1v) is 31.2. The Hall–Kier alpha value is -2.49. The third-order valence-corrected chi connectivity index (χ3v) is 13.9. The summed E-state index contributed by atoms with van der Waals surface area (Å²) >= 11 is 0. The normalized spacial score (nSPS) is 12.9. The Morgan fingerprint density at radius 2 is 0.781 bits per heavy atom. The first kappa shape index (κ1) is 70.5. The quantitative estimate of drug-likeness (QED) is 0.0211. The lowest BCUT2D eigenvalue weighted by molar-refractivity contribution is -0.870.